The molecule has 1 aliphatic rings. The van der Waals surface area contributed by atoms with Gasteiger partial charge < -0.3 is 9.67 Å². The van der Waals surface area contributed by atoms with Crippen molar-refractivity contribution in [2.45, 2.75) is 12.3 Å². The van der Waals surface area contributed by atoms with Crippen LogP contribution in [0.3, 0.4) is 0 Å². The smallest absolute Gasteiger partial charge is 0.307 e. The molecule has 1 aromatic heterocycles. The first-order valence-corrected chi connectivity index (χ1v) is 5.32. The second-order valence-electron chi connectivity index (χ2n) is 4.30. The number of aromatic nitrogens is 2. The van der Waals surface area contributed by atoms with Crippen LogP contribution in [0, 0.1) is 5.92 Å². The molecule has 0 saturated heterocycles. The third-order valence-electron chi connectivity index (χ3n) is 3.26. The van der Waals surface area contributed by atoms with Crippen LogP contribution in [0.25, 0.3) is 11.0 Å². The molecule has 2 atom stereocenters. The molecule has 1 aromatic carbocycles. The Bertz CT molecular complexity index is 573. The number of carboxylic acids is 1. The van der Waals surface area contributed by atoms with Crippen LogP contribution < -0.4 is 0 Å². The highest BCUT2D eigenvalue weighted by atomic mass is 16.4. The average Bonchev–Trinajstić information content (AvgIpc) is 3.00. The standard InChI is InChI=1S/C12H12N2O2/c1-14-10-5-3-2-4-9(10)13-11(14)7-6-8(7)12(15)16/h2-5,7-8H,6H2,1H3,(H,15,16). The van der Waals surface area contributed by atoms with Gasteiger partial charge in [-0.1, -0.05) is 12.1 Å². The number of benzene rings is 1. The molecule has 1 aliphatic carbocycles. The van der Waals surface area contributed by atoms with E-state index in [9.17, 15) is 4.79 Å². The Balaban J connectivity index is 2.06. The maximum Gasteiger partial charge on any atom is 0.307 e. The fourth-order valence-electron chi connectivity index (χ4n) is 2.25. The van der Waals surface area contributed by atoms with Gasteiger partial charge in [-0.3, -0.25) is 4.79 Å². The molecule has 1 heterocycles. The molecular weight excluding hydrogens is 204 g/mol. The van der Waals surface area contributed by atoms with Crippen molar-refractivity contribution in [3.63, 3.8) is 0 Å². The van der Waals surface area contributed by atoms with E-state index in [1.165, 1.54) is 0 Å². The van der Waals surface area contributed by atoms with Crippen molar-refractivity contribution >= 4 is 17.0 Å². The van der Waals surface area contributed by atoms with Gasteiger partial charge in [0.05, 0.1) is 17.0 Å². The van der Waals surface area contributed by atoms with Crippen molar-refractivity contribution in [2.24, 2.45) is 13.0 Å². The molecule has 0 aliphatic heterocycles. The molecule has 1 fully saturated rings. The van der Waals surface area contributed by atoms with Gasteiger partial charge in [0.1, 0.15) is 5.82 Å². The molecule has 0 amide bonds. The van der Waals surface area contributed by atoms with E-state index in [1.807, 2.05) is 35.9 Å². The third kappa shape index (κ3) is 1.23. The number of carboxylic acid groups (broad SMARTS) is 1. The van der Waals surface area contributed by atoms with Gasteiger partial charge in [-0.25, -0.2) is 4.98 Å². The van der Waals surface area contributed by atoms with Crippen LogP contribution >= 0.6 is 0 Å². The molecule has 1 saturated carbocycles. The number of imidazole rings is 1. The number of fused-ring (bicyclic) bond motifs is 1. The summed E-state index contributed by atoms with van der Waals surface area (Å²) in [6, 6.07) is 7.87. The Labute approximate surface area is 92.5 Å². The largest absolute Gasteiger partial charge is 0.481 e. The second kappa shape index (κ2) is 3.07. The molecule has 2 aromatic rings. The molecule has 0 spiro atoms. The minimum atomic E-state index is -0.711. The van der Waals surface area contributed by atoms with Crippen LogP contribution in [-0.2, 0) is 11.8 Å². The summed E-state index contributed by atoms with van der Waals surface area (Å²) in [7, 11) is 1.95. The lowest BCUT2D eigenvalue weighted by Gasteiger charge is -1.99. The molecular formula is C12H12N2O2. The van der Waals surface area contributed by atoms with Crippen LogP contribution in [0.5, 0.6) is 0 Å². The van der Waals surface area contributed by atoms with E-state index in [4.69, 9.17) is 5.11 Å². The molecule has 0 bridgehead atoms. The zero-order chi connectivity index (χ0) is 11.3. The molecule has 3 rings (SSSR count). The van der Waals surface area contributed by atoms with Crippen LogP contribution in [0.2, 0.25) is 0 Å². The number of nitrogens with zero attached hydrogens (tertiary/aromatic N) is 2. The van der Waals surface area contributed by atoms with E-state index in [0.29, 0.717) is 6.42 Å². The van der Waals surface area contributed by atoms with Crippen molar-refractivity contribution in [1.82, 2.24) is 9.55 Å². The monoisotopic (exact) mass is 216 g/mol. The van der Waals surface area contributed by atoms with Gasteiger partial charge in [-0.05, 0) is 18.6 Å². The third-order valence-corrected chi connectivity index (χ3v) is 3.26. The van der Waals surface area contributed by atoms with Crippen molar-refractivity contribution in [3.8, 4) is 0 Å². The van der Waals surface area contributed by atoms with E-state index in [2.05, 4.69) is 4.98 Å². The zero-order valence-corrected chi connectivity index (χ0v) is 8.92. The summed E-state index contributed by atoms with van der Waals surface area (Å²) in [6.45, 7) is 0. The zero-order valence-electron chi connectivity index (χ0n) is 8.92. The first-order valence-electron chi connectivity index (χ1n) is 5.32. The van der Waals surface area contributed by atoms with Gasteiger partial charge in [0, 0.05) is 13.0 Å². The normalized spacial score (nSPS) is 23.6. The number of hydrogen-bond donors (Lipinski definition) is 1. The molecule has 0 radical (unpaired) electrons. The molecule has 16 heavy (non-hydrogen) atoms. The topological polar surface area (TPSA) is 55.1 Å². The summed E-state index contributed by atoms with van der Waals surface area (Å²) < 4.78 is 2.00. The van der Waals surface area contributed by atoms with Gasteiger partial charge in [0.2, 0.25) is 0 Å². The van der Waals surface area contributed by atoms with E-state index >= 15 is 0 Å². The predicted octanol–water partition coefficient (Wildman–Crippen LogP) is 1.76. The van der Waals surface area contributed by atoms with Gasteiger partial charge in [-0.2, -0.15) is 0 Å². The Morgan fingerprint density at radius 1 is 1.50 bits per heavy atom. The number of aliphatic carboxylic acids is 1. The minimum absolute atomic E-state index is 0.0925. The van der Waals surface area contributed by atoms with Gasteiger partial charge in [-0.15, -0.1) is 0 Å². The summed E-state index contributed by atoms with van der Waals surface area (Å²) in [5, 5.41) is 8.91. The lowest BCUT2D eigenvalue weighted by Crippen LogP contribution is -2.02. The number of carbonyl (C=O) groups is 1. The van der Waals surface area contributed by atoms with Crippen LogP contribution in [0.1, 0.15) is 18.2 Å². The lowest BCUT2D eigenvalue weighted by atomic mass is 10.3. The quantitative estimate of drug-likeness (QED) is 0.832. The second-order valence-corrected chi connectivity index (χ2v) is 4.30. The Kier molecular flexibility index (Phi) is 1.80. The highest BCUT2D eigenvalue weighted by Gasteiger charge is 2.46. The Morgan fingerprint density at radius 3 is 2.88 bits per heavy atom. The molecule has 82 valence electrons. The maximum absolute atomic E-state index is 10.8. The number of aryl methyl sites for hydroxylation is 1. The van der Waals surface area contributed by atoms with Crippen LogP contribution in [0.15, 0.2) is 24.3 Å². The average molecular weight is 216 g/mol. The van der Waals surface area contributed by atoms with Crippen LogP contribution in [-0.4, -0.2) is 20.6 Å². The van der Waals surface area contributed by atoms with Crippen molar-refractivity contribution in [1.29, 1.82) is 0 Å². The number of rotatable bonds is 2. The molecule has 2 unspecified atom stereocenters. The van der Waals surface area contributed by atoms with Gasteiger partial charge in [0.15, 0.2) is 0 Å². The minimum Gasteiger partial charge on any atom is -0.481 e. The van der Waals surface area contributed by atoms with E-state index < -0.39 is 5.97 Å². The lowest BCUT2D eigenvalue weighted by molar-refractivity contribution is -0.138. The summed E-state index contributed by atoms with van der Waals surface area (Å²) in [6.07, 6.45) is 0.715. The SMILES string of the molecule is Cn1c(C2CC2C(=O)O)nc2ccccc21. The number of para-hydroxylation sites is 2. The van der Waals surface area contributed by atoms with E-state index in [0.717, 1.165) is 16.9 Å². The summed E-state index contributed by atoms with van der Waals surface area (Å²) >= 11 is 0. The van der Waals surface area contributed by atoms with Crippen molar-refractivity contribution in [3.05, 3.63) is 30.1 Å². The van der Waals surface area contributed by atoms with Crippen molar-refractivity contribution < 1.29 is 9.90 Å². The van der Waals surface area contributed by atoms with E-state index in [1.54, 1.807) is 0 Å². The Morgan fingerprint density at radius 2 is 2.25 bits per heavy atom. The fraction of sp³-hybridized carbons (Fsp3) is 0.333. The molecule has 4 nitrogen and oxygen atoms in total. The maximum atomic E-state index is 10.8. The highest BCUT2D eigenvalue weighted by molar-refractivity contribution is 5.78. The molecule has 4 heteroatoms. The molecule has 1 N–H and O–H groups in total. The first-order chi connectivity index (χ1) is 7.68. The highest BCUT2D eigenvalue weighted by Crippen LogP contribution is 2.47. The first kappa shape index (κ1) is 9.39. The summed E-state index contributed by atoms with van der Waals surface area (Å²) in [4.78, 5) is 15.3. The summed E-state index contributed by atoms with van der Waals surface area (Å²) in [5.41, 5.74) is 2.00. The Hall–Kier alpha value is -1.84. The predicted molar refractivity (Wildman–Crippen MR) is 59.2 cm³/mol. The van der Waals surface area contributed by atoms with Crippen molar-refractivity contribution in [2.75, 3.05) is 0 Å². The van der Waals surface area contributed by atoms with E-state index in [-0.39, 0.29) is 11.8 Å². The van der Waals surface area contributed by atoms with Gasteiger partial charge in [0.25, 0.3) is 0 Å². The fourth-order valence-corrected chi connectivity index (χ4v) is 2.25. The van der Waals surface area contributed by atoms with Crippen LogP contribution in [0.4, 0.5) is 0 Å². The van der Waals surface area contributed by atoms with Gasteiger partial charge >= 0.3 is 5.97 Å². The number of hydrogen-bond acceptors (Lipinski definition) is 2. The summed E-state index contributed by atoms with van der Waals surface area (Å²) in [5.74, 6) is 0.0380.